The highest BCUT2D eigenvalue weighted by molar-refractivity contribution is 6.14. The first-order valence-corrected chi connectivity index (χ1v) is 9.56. The van der Waals surface area contributed by atoms with Crippen LogP contribution in [-0.2, 0) is 0 Å². The first-order chi connectivity index (χ1) is 12.7. The van der Waals surface area contributed by atoms with Crippen molar-refractivity contribution in [1.82, 2.24) is 4.57 Å². The lowest BCUT2D eigenvalue weighted by Gasteiger charge is -2.13. The van der Waals surface area contributed by atoms with Gasteiger partial charge in [-0.15, -0.1) is 0 Å². The van der Waals surface area contributed by atoms with Gasteiger partial charge in [0.1, 0.15) is 0 Å². The third-order valence-electron chi connectivity index (χ3n) is 5.56. The van der Waals surface area contributed by atoms with Gasteiger partial charge in [0, 0.05) is 16.5 Å². The number of hydrogen-bond donors (Lipinski definition) is 0. The van der Waals surface area contributed by atoms with E-state index in [9.17, 15) is 0 Å². The van der Waals surface area contributed by atoms with Crippen LogP contribution in [0.4, 0.5) is 0 Å². The van der Waals surface area contributed by atoms with E-state index >= 15 is 0 Å². The van der Waals surface area contributed by atoms with Crippen LogP contribution in [0.2, 0.25) is 0 Å². The van der Waals surface area contributed by atoms with Gasteiger partial charge in [-0.2, -0.15) is 0 Å². The first kappa shape index (κ1) is 15.5. The molecular weight excluding hydrogens is 314 g/mol. The SMILES string of the molecule is CC(C)c1ccc2c(c1)c1cc3ccccc3cc1n2C1=CCCC=C1. The van der Waals surface area contributed by atoms with Gasteiger partial charge in [-0.1, -0.05) is 56.3 Å². The van der Waals surface area contributed by atoms with Crippen molar-refractivity contribution in [1.29, 1.82) is 0 Å². The maximum Gasteiger partial charge on any atom is 0.0547 e. The Labute approximate surface area is 154 Å². The number of benzene rings is 3. The maximum absolute atomic E-state index is 2.44. The molecule has 0 spiro atoms. The molecule has 0 unspecified atom stereocenters. The summed E-state index contributed by atoms with van der Waals surface area (Å²) in [6.45, 7) is 4.53. The van der Waals surface area contributed by atoms with Crippen molar-refractivity contribution in [2.24, 2.45) is 0 Å². The molecule has 0 radical (unpaired) electrons. The van der Waals surface area contributed by atoms with E-state index in [-0.39, 0.29) is 0 Å². The Hall–Kier alpha value is -2.80. The van der Waals surface area contributed by atoms with Crippen molar-refractivity contribution in [2.75, 3.05) is 0 Å². The first-order valence-electron chi connectivity index (χ1n) is 9.56. The topological polar surface area (TPSA) is 4.93 Å². The predicted octanol–water partition coefficient (Wildman–Crippen LogP) is 7.26. The fourth-order valence-electron chi connectivity index (χ4n) is 4.13. The Morgan fingerprint density at radius 1 is 0.808 bits per heavy atom. The molecule has 0 aliphatic heterocycles. The maximum atomic E-state index is 2.44. The number of aromatic nitrogens is 1. The van der Waals surface area contributed by atoms with Gasteiger partial charge in [0.2, 0.25) is 0 Å². The molecule has 5 rings (SSSR count). The van der Waals surface area contributed by atoms with Crippen molar-refractivity contribution >= 4 is 38.3 Å². The van der Waals surface area contributed by atoms with Crippen LogP contribution in [0.3, 0.4) is 0 Å². The average Bonchev–Trinajstić information content (AvgIpc) is 2.99. The van der Waals surface area contributed by atoms with E-state index in [0.29, 0.717) is 5.92 Å². The summed E-state index contributed by atoms with van der Waals surface area (Å²) in [4.78, 5) is 0. The Bertz CT molecular complexity index is 1200. The highest BCUT2D eigenvalue weighted by Crippen LogP contribution is 2.37. The highest BCUT2D eigenvalue weighted by Gasteiger charge is 2.15. The molecule has 0 atom stereocenters. The van der Waals surface area contributed by atoms with E-state index in [1.165, 1.54) is 43.8 Å². The molecule has 4 aromatic rings. The monoisotopic (exact) mass is 337 g/mol. The Balaban J connectivity index is 1.94. The third kappa shape index (κ3) is 2.31. The van der Waals surface area contributed by atoms with Crippen LogP contribution < -0.4 is 0 Å². The molecule has 1 aliphatic carbocycles. The van der Waals surface area contributed by atoms with Crippen LogP contribution in [0, 0.1) is 0 Å². The summed E-state index contributed by atoms with van der Waals surface area (Å²) >= 11 is 0. The van der Waals surface area contributed by atoms with Crippen LogP contribution in [-0.4, -0.2) is 4.57 Å². The summed E-state index contributed by atoms with van der Waals surface area (Å²) in [5, 5.41) is 5.31. The number of rotatable bonds is 2. The van der Waals surface area contributed by atoms with E-state index in [1.807, 2.05) is 0 Å². The zero-order chi connectivity index (χ0) is 17.7. The number of nitrogens with zero attached hydrogens (tertiary/aromatic N) is 1. The summed E-state index contributed by atoms with van der Waals surface area (Å²) < 4.78 is 2.44. The molecule has 26 heavy (non-hydrogen) atoms. The molecule has 1 aliphatic rings. The van der Waals surface area contributed by atoms with Gasteiger partial charge in [0.25, 0.3) is 0 Å². The zero-order valence-electron chi connectivity index (χ0n) is 15.4. The van der Waals surface area contributed by atoms with Crippen molar-refractivity contribution in [3.8, 4) is 0 Å². The lowest BCUT2D eigenvalue weighted by molar-refractivity contribution is 0.868. The highest BCUT2D eigenvalue weighted by atomic mass is 15.0. The van der Waals surface area contributed by atoms with Crippen LogP contribution >= 0.6 is 0 Å². The minimum absolute atomic E-state index is 0.534. The molecule has 1 aromatic heterocycles. The molecule has 1 heteroatoms. The molecular formula is C25H23N. The summed E-state index contributed by atoms with van der Waals surface area (Å²) in [6.07, 6.45) is 9.18. The number of hydrogen-bond acceptors (Lipinski definition) is 0. The summed E-state index contributed by atoms with van der Waals surface area (Å²) in [7, 11) is 0. The minimum atomic E-state index is 0.534. The smallest absolute Gasteiger partial charge is 0.0547 e. The van der Waals surface area contributed by atoms with E-state index < -0.39 is 0 Å². The van der Waals surface area contributed by atoms with Crippen molar-refractivity contribution < 1.29 is 0 Å². The fraction of sp³-hybridized carbons (Fsp3) is 0.200. The second-order valence-electron chi connectivity index (χ2n) is 7.59. The Morgan fingerprint density at radius 2 is 1.58 bits per heavy atom. The molecule has 1 nitrogen and oxygen atoms in total. The normalized spacial score (nSPS) is 14.7. The van der Waals surface area contributed by atoms with Gasteiger partial charge in [0.15, 0.2) is 0 Å². The molecule has 1 heterocycles. The lowest BCUT2D eigenvalue weighted by Crippen LogP contribution is -1.97. The van der Waals surface area contributed by atoms with Crippen molar-refractivity contribution in [3.05, 3.63) is 78.4 Å². The molecule has 0 amide bonds. The summed E-state index contributed by atoms with van der Waals surface area (Å²) in [5.74, 6) is 0.534. The van der Waals surface area contributed by atoms with Crippen molar-refractivity contribution in [3.63, 3.8) is 0 Å². The molecule has 0 N–H and O–H groups in total. The molecule has 0 fully saturated rings. The number of allylic oxidation sites excluding steroid dienone is 4. The van der Waals surface area contributed by atoms with Gasteiger partial charge in [-0.3, -0.25) is 0 Å². The minimum Gasteiger partial charge on any atom is -0.310 e. The van der Waals surface area contributed by atoms with Crippen LogP contribution in [0.5, 0.6) is 0 Å². The average molecular weight is 337 g/mol. The van der Waals surface area contributed by atoms with E-state index in [4.69, 9.17) is 0 Å². The fourth-order valence-corrected chi connectivity index (χ4v) is 4.13. The van der Waals surface area contributed by atoms with Gasteiger partial charge < -0.3 is 4.57 Å². The zero-order valence-corrected chi connectivity index (χ0v) is 15.4. The Morgan fingerprint density at radius 3 is 2.31 bits per heavy atom. The quantitative estimate of drug-likeness (QED) is 0.363. The van der Waals surface area contributed by atoms with Gasteiger partial charge in [-0.05, 0) is 65.4 Å². The van der Waals surface area contributed by atoms with Gasteiger partial charge >= 0.3 is 0 Å². The summed E-state index contributed by atoms with van der Waals surface area (Å²) in [6, 6.07) is 20.4. The summed E-state index contributed by atoms with van der Waals surface area (Å²) in [5.41, 5.74) is 5.30. The van der Waals surface area contributed by atoms with Gasteiger partial charge in [0.05, 0.1) is 11.0 Å². The lowest BCUT2D eigenvalue weighted by atomic mass is 10.00. The second-order valence-corrected chi connectivity index (χ2v) is 7.59. The van der Waals surface area contributed by atoms with E-state index in [0.717, 1.165) is 12.8 Å². The van der Waals surface area contributed by atoms with E-state index in [2.05, 4.69) is 91.2 Å². The van der Waals surface area contributed by atoms with Gasteiger partial charge in [-0.25, -0.2) is 0 Å². The van der Waals surface area contributed by atoms with Crippen molar-refractivity contribution in [2.45, 2.75) is 32.6 Å². The second kappa shape index (κ2) is 5.88. The predicted molar refractivity (Wildman–Crippen MR) is 114 cm³/mol. The number of fused-ring (bicyclic) bond motifs is 4. The third-order valence-corrected chi connectivity index (χ3v) is 5.56. The molecule has 0 saturated heterocycles. The van der Waals surface area contributed by atoms with Crippen LogP contribution in [0.25, 0.3) is 38.3 Å². The molecule has 0 bridgehead atoms. The largest absolute Gasteiger partial charge is 0.310 e. The molecule has 0 saturated carbocycles. The van der Waals surface area contributed by atoms with Crippen LogP contribution in [0.15, 0.2) is 72.8 Å². The molecule has 128 valence electrons. The standard InChI is InChI=1S/C25H23N/c1-17(2)18-12-13-24-22(14-18)23-15-19-8-6-7-9-20(19)16-25(23)26(24)21-10-4-3-5-11-21/h4,6-17H,3,5H2,1-2H3. The Kier molecular flexibility index (Phi) is 3.49. The molecule has 3 aromatic carbocycles. The van der Waals surface area contributed by atoms with E-state index in [1.54, 1.807) is 0 Å². The van der Waals surface area contributed by atoms with Crippen LogP contribution in [0.1, 0.15) is 38.2 Å².